The highest BCUT2D eigenvalue weighted by atomic mass is 16.8. The highest BCUT2D eigenvalue weighted by Crippen LogP contribution is 2.41. The smallest absolute Gasteiger partial charge is 0.364 e. The summed E-state index contributed by atoms with van der Waals surface area (Å²) in [5.41, 5.74) is 0. The van der Waals surface area contributed by atoms with Crippen LogP contribution in [0.2, 0.25) is 0 Å². The molecule has 6 heterocycles. The van der Waals surface area contributed by atoms with E-state index in [1.165, 1.54) is 0 Å². The van der Waals surface area contributed by atoms with Gasteiger partial charge in [-0.3, -0.25) is 14.4 Å². The molecule has 0 radical (unpaired) electrons. The first-order valence-electron chi connectivity index (χ1n) is 25.7. The van der Waals surface area contributed by atoms with E-state index in [-0.39, 0.29) is 0 Å². The predicted molar refractivity (Wildman–Crippen MR) is 251 cm³/mol. The minimum Gasteiger partial charge on any atom is -0.477 e. The average molecular weight is 1200 g/mol. The lowest BCUT2D eigenvalue weighted by atomic mass is 9.88. The summed E-state index contributed by atoms with van der Waals surface area (Å²) in [6.45, 7) is -3.81. The van der Waals surface area contributed by atoms with Crippen LogP contribution in [0.4, 0.5) is 0 Å². The molecule has 3 amide bonds. The summed E-state index contributed by atoms with van der Waals surface area (Å²) in [5, 5.41) is 213. The topological polar surface area (TPSA) is 590 Å². The van der Waals surface area contributed by atoms with Gasteiger partial charge >= 0.3 is 5.97 Å². The second kappa shape index (κ2) is 28.9. The fourth-order valence-corrected chi connectivity index (χ4v) is 10.4. The van der Waals surface area contributed by atoms with Crippen LogP contribution in [0.3, 0.4) is 0 Å². The van der Waals surface area contributed by atoms with Crippen molar-refractivity contribution >= 4 is 23.7 Å². The van der Waals surface area contributed by atoms with Crippen molar-refractivity contribution in [3.05, 3.63) is 0 Å². The molecule has 0 bridgehead atoms. The largest absolute Gasteiger partial charge is 0.477 e. The highest BCUT2D eigenvalue weighted by molar-refractivity contribution is 5.77. The lowest BCUT2D eigenvalue weighted by Gasteiger charge is -2.53. The molecule has 31 atom stereocenters. The van der Waals surface area contributed by atoms with Crippen molar-refractivity contribution in [1.29, 1.82) is 0 Å². The molecule has 37 nitrogen and oxygen atoms in total. The zero-order valence-corrected chi connectivity index (χ0v) is 43.9. The van der Waals surface area contributed by atoms with Crippen molar-refractivity contribution in [2.24, 2.45) is 0 Å². The first-order valence-corrected chi connectivity index (χ1v) is 25.7. The van der Waals surface area contributed by atoms with E-state index in [1.54, 1.807) is 0 Å². The van der Waals surface area contributed by atoms with Crippen molar-refractivity contribution in [1.82, 2.24) is 16.0 Å². The van der Waals surface area contributed by atoms with E-state index in [0.717, 1.165) is 20.8 Å². The molecule has 0 unspecified atom stereocenters. The molecule has 22 N–H and O–H groups in total. The quantitative estimate of drug-likeness (QED) is 0.0479. The number of hydrogen-bond acceptors (Lipinski definition) is 33. The van der Waals surface area contributed by atoms with Crippen LogP contribution >= 0.6 is 0 Å². The van der Waals surface area contributed by atoms with Gasteiger partial charge in [-0.2, -0.15) is 0 Å². The van der Waals surface area contributed by atoms with Crippen LogP contribution < -0.4 is 16.0 Å². The minimum atomic E-state index is -3.39. The third-order valence-corrected chi connectivity index (χ3v) is 14.6. The Bertz CT molecular complexity index is 2090. The Balaban J connectivity index is 1.41. The molecule has 82 heavy (non-hydrogen) atoms. The van der Waals surface area contributed by atoms with E-state index in [9.17, 15) is 116 Å². The Kier molecular flexibility index (Phi) is 23.9. The first-order chi connectivity index (χ1) is 38.6. The molecule has 0 saturated carbocycles. The van der Waals surface area contributed by atoms with Gasteiger partial charge in [0.15, 0.2) is 31.5 Å². The summed E-state index contributed by atoms with van der Waals surface area (Å²) in [6, 6.07) is -5.56. The maximum Gasteiger partial charge on any atom is 0.364 e. The molecule has 6 saturated heterocycles. The molecule has 6 aliphatic heterocycles. The summed E-state index contributed by atoms with van der Waals surface area (Å²) >= 11 is 0. The minimum absolute atomic E-state index is 0.879. The Labute approximate surface area is 463 Å². The number of hydrogen-bond donors (Lipinski definition) is 22. The molecule has 474 valence electrons. The number of carbonyl (C=O) groups is 4. The number of nitrogens with one attached hydrogen (secondary N) is 3. The van der Waals surface area contributed by atoms with Crippen LogP contribution in [0.15, 0.2) is 0 Å². The number of aliphatic hydroxyl groups excluding tert-OH is 18. The number of ether oxygens (including phenoxy) is 11. The van der Waals surface area contributed by atoms with E-state index >= 15 is 0 Å². The molecular weight excluding hydrogens is 1130 g/mol. The maximum atomic E-state index is 13.6. The average Bonchev–Trinajstić information content (AvgIpc) is 3.57. The molecule has 6 aliphatic rings. The predicted octanol–water partition coefficient (Wildman–Crippen LogP) is -14.5. The Morgan fingerprint density at radius 3 is 1.43 bits per heavy atom. The normalized spacial score (nSPS) is 46.3. The van der Waals surface area contributed by atoms with Gasteiger partial charge in [0.05, 0.1) is 51.8 Å². The van der Waals surface area contributed by atoms with E-state index in [4.69, 9.17) is 52.1 Å². The van der Waals surface area contributed by atoms with E-state index < -0.39 is 259 Å². The Morgan fingerprint density at radius 2 is 0.902 bits per heavy atom. The summed E-state index contributed by atoms with van der Waals surface area (Å²) in [5.74, 6) is -8.31. The lowest BCUT2D eigenvalue weighted by Crippen LogP contribution is -2.72. The number of carbonyl (C=O) groups excluding carboxylic acids is 3. The van der Waals surface area contributed by atoms with Crippen LogP contribution in [0.5, 0.6) is 0 Å². The molecule has 0 aromatic rings. The molecule has 0 aromatic carbocycles. The van der Waals surface area contributed by atoms with Gasteiger partial charge in [0, 0.05) is 27.2 Å². The molecule has 0 aromatic heterocycles. The van der Waals surface area contributed by atoms with Gasteiger partial charge in [0.2, 0.25) is 17.7 Å². The van der Waals surface area contributed by atoms with E-state index in [1.807, 2.05) is 0 Å². The maximum absolute atomic E-state index is 13.6. The SMILES string of the molecule is CC(=O)N[C@H]1[C@H](O[C@@H]2[C@H](O[C@]3(C(=O)O)C[C@H](O)[C@@H](NC(C)=O)[C@H]([C@H](O)[C@H](O)CO)O3)[C@@H](O)[C@H](O[C@H]3[C@H](O)[C@@H](CO)O[C@@H](O[C@H]4[C@@H](O)[C@@H](CO)O[C@@H](O[C@H]5[C@H](O)[C@@H](O)[C@H](O)O[C@@H]5CO)[C@@H]4O)[C@@H]3NC(C)=O)O[C@@H]2CO)O[C@H](CO)[C@H](O)[C@@H]1O. The van der Waals surface area contributed by atoms with E-state index in [0.29, 0.717) is 0 Å². The van der Waals surface area contributed by atoms with Gasteiger partial charge < -0.3 is 165 Å². The van der Waals surface area contributed by atoms with Crippen molar-refractivity contribution < 1.29 is 168 Å². The zero-order valence-electron chi connectivity index (χ0n) is 43.9. The molecule has 6 fully saturated rings. The first kappa shape index (κ1) is 67.8. The third kappa shape index (κ3) is 14.6. The molecular formula is C45H75N3O34. The summed E-state index contributed by atoms with van der Waals surface area (Å²) in [6.07, 6.45) is -57.8. The zero-order chi connectivity index (χ0) is 61.0. The van der Waals surface area contributed by atoms with Gasteiger partial charge in [0.25, 0.3) is 5.79 Å². The monoisotopic (exact) mass is 1200 g/mol. The number of aliphatic hydroxyl groups is 18. The van der Waals surface area contributed by atoms with Crippen LogP contribution in [0, 0.1) is 0 Å². The standard InChI is InChI=1S/C45H75N3O34/c1-11(55)46-21-14(58)4-45(44(70)71,81-36(21)24(60)15(59)5-49)82-38-32(68)43(76-20(10-54)34(38)78-40-22(47-12(2)56)28(64)25(61)16(6-50)73-40)79-35-23(48-13(3)57)41(74-17(7-51)26(35)62)80-37-27(63)18(8-52)75-42(31(37)67)77-33-19(9-53)72-39(69)30(66)29(33)65/h14-43,49-54,58-69H,4-10H2,1-3H3,(H,46,55)(H,47,56)(H,48,57)(H,70,71)/t14-,15+,16+,17+,18+,19+,20+,21+,22+,23+,24+,25-,26+,27-,28+,29+,30+,31+,32+,33+,34-,35+,36+,37-,38+,39+,40-,41-,42-,43-,45-/m0/s1. The summed E-state index contributed by atoms with van der Waals surface area (Å²) in [7, 11) is 0. The number of carboxylic acids is 1. The van der Waals surface area contributed by atoms with Crippen LogP contribution in [-0.4, -0.2) is 350 Å². The number of carboxylic acid groups (broad SMARTS) is 1. The molecule has 6 rings (SSSR count). The second-order valence-corrected chi connectivity index (χ2v) is 20.4. The van der Waals surface area contributed by atoms with Crippen LogP contribution in [0.1, 0.15) is 27.2 Å². The molecule has 0 aliphatic carbocycles. The van der Waals surface area contributed by atoms with Crippen LogP contribution in [0.25, 0.3) is 0 Å². The van der Waals surface area contributed by atoms with Gasteiger partial charge in [-0.15, -0.1) is 0 Å². The summed E-state index contributed by atoms with van der Waals surface area (Å²) in [4.78, 5) is 51.3. The summed E-state index contributed by atoms with van der Waals surface area (Å²) < 4.78 is 63.9. The highest BCUT2D eigenvalue weighted by Gasteiger charge is 2.62. The fraction of sp³-hybridized carbons (Fsp3) is 0.911. The van der Waals surface area contributed by atoms with Crippen LogP contribution in [-0.2, 0) is 71.3 Å². The van der Waals surface area contributed by atoms with E-state index in [2.05, 4.69) is 16.0 Å². The van der Waals surface area contributed by atoms with Crippen molar-refractivity contribution in [2.75, 3.05) is 39.6 Å². The number of rotatable bonds is 22. The second-order valence-electron chi connectivity index (χ2n) is 20.4. The number of aliphatic carboxylic acids is 1. The Morgan fingerprint density at radius 1 is 0.476 bits per heavy atom. The van der Waals surface area contributed by atoms with Gasteiger partial charge in [-0.05, 0) is 0 Å². The van der Waals surface area contributed by atoms with Gasteiger partial charge in [-0.25, -0.2) is 4.79 Å². The van der Waals surface area contributed by atoms with Gasteiger partial charge in [0.1, 0.15) is 140 Å². The van der Waals surface area contributed by atoms with Crippen molar-refractivity contribution in [3.63, 3.8) is 0 Å². The molecule has 37 heteroatoms. The third-order valence-electron chi connectivity index (χ3n) is 14.6. The van der Waals surface area contributed by atoms with Gasteiger partial charge in [-0.1, -0.05) is 0 Å². The lowest BCUT2D eigenvalue weighted by molar-refractivity contribution is -0.400. The Hall–Kier alpha value is -3.28. The van der Waals surface area contributed by atoms with Crippen molar-refractivity contribution in [3.8, 4) is 0 Å². The van der Waals surface area contributed by atoms with Crippen molar-refractivity contribution in [2.45, 2.75) is 217 Å². The fourth-order valence-electron chi connectivity index (χ4n) is 10.4. The molecule has 0 spiro atoms. The number of amides is 3.